The Morgan fingerprint density at radius 1 is 0.774 bits per heavy atom. The molecule has 0 aliphatic rings. The second-order valence-electron chi connectivity index (χ2n) is 7.39. The van der Waals surface area contributed by atoms with Crippen molar-refractivity contribution in [2.45, 2.75) is 46.1 Å². The number of carboxylic acids is 3. The molecular weight excluding hydrogens is 404 g/mol. The third-order valence-corrected chi connectivity index (χ3v) is 5.17. The van der Waals surface area contributed by atoms with Gasteiger partial charge in [-0.25, -0.2) is 4.79 Å². The van der Waals surface area contributed by atoms with Crippen LogP contribution in [0, 0.1) is 27.7 Å². The molecule has 0 amide bonds. The van der Waals surface area contributed by atoms with E-state index in [-0.39, 0.29) is 0 Å². The second kappa shape index (κ2) is 9.94. The van der Waals surface area contributed by atoms with Crippen molar-refractivity contribution < 1.29 is 34.8 Å². The van der Waals surface area contributed by atoms with Crippen LogP contribution in [-0.4, -0.2) is 43.9 Å². The average Bonchev–Trinajstić information content (AvgIpc) is 2.65. The number of nitrogen functional groups attached to an aromatic ring is 2. The molecule has 0 aliphatic carbocycles. The number of benzene rings is 2. The molecule has 0 radical (unpaired) electrons. The van der Waals surface area contributed by atoms with E-state index in [9.17, 15) is 14.4 Å². The number of carboxylic acid groups (broad SMARTS) is 3. The number of nitrogens with two attached hydrogens (primary N) is 2. The van der Waals surface area contributed by atoms with Crippen molar-refractivity contribution in [2.24, 2.45) is 0 Å². The highest BCUT2D eigenvalue weighted by molar-refractivity contribution is 5.88. The third kappa shape index (κ3) is 6.19. The summed E-state index contributed by atoms with van der Waals surface area (Å²) in [5, 5.41) is 33.8. The van der Waals surface area contributed by atoms with Gasteiger partial charge < -0.3 is 31.9 Å². The van der Waals surface area contributed by atoms with Gasteiger partial charge in [0.1, 0.15) is 0 Å². The van der Waals surface area contributed by atoms with Gasteiger partial charge in [-0.1, -0.05) is 12.1 Å². The Labute approximate surface area is 179 Å². The smallest absolute Gasteiger partial charge is 0.336 e. The van der Waals surface area contributed by atoms with Gasteiger partial charge in [-0.2, -0.15) is 0 Å². The first kappa shape index (κ1) is 25.4. The van der Waals surface area contributed by atoms with E-state index < -0.39 is 36.4 Å². The van der Waals surface area contributed by atoms with Crippen LogP contribution in [0.15, 0.2) is 24.3 Å². The predicted molar refractivity (Wildman–Crippen MR) is 117 cm³/mol. The summed E-state index contributed by atoms with van der Waals surface area (Å²) in [7, 11) is 0. The van der Waals surface area contributed by atoms with Gasteiger partial charge in [0.15, 0.2) is 5.60 Å². The van der Waals surface area contributed by atoms with E-state index in [1.54, 1.807) is 0 Å². The second-order valence-corrected chi connectivity index (χ2v) is 7.39. The summed E-state index contributed by atoms with van der Waals surface area (Å²) < 4.78 is 0. The molecule has 0 atom stereocenters. The van der Waals surface area contributed by atoms with E-state index in [0.29, 0.717) is 0 Å². The molecule has 0 aromatic heterocycles. The summed E-state index contributed by atoms with van der Waals surface area (Å²) >= 11 is 0. The topological polar surface area (TPSA) is 184 Å². The lowest BCUT2D eigenvalue weighted by Crippen LogP contribution is -2.42. The van der Waals surface area contributed by atoms with Crippen LogP contribution < -0.4 is 11.5 Å². The maximum absolute atomic E-state index is 10.3. The number of anilines is 2. The normalized spacial score (nSPS) is 10.7. The lowest BCUT2D eigenvalue weighted by molar-refractivity contribution is -0.170. The molecule has 0 bridgehead atoms. The molecule has 0 aliphatic heterocycles. The van der Waals surface area contributed by atoms with Crippen LogP contribution in [0.3, 0.4) is 0 Å². The zero-order valence-electron chi connectivity index (χ0n) is 17.9. The number of rotatable bonds is 6. The number of carbonyl (C=O) groups is 3. The van der Waals surface area contributed by atoms with E-state index in [1.165, 1.54) is 33.4 Å². The Balaban J connectivity index is 0.000000330. The van der Waals surface area contributed by atoms with E-state index in [2.05, 4.69) is 39.8 Å². The summed E-state index contributed by atoms with van der Waals surface area (Å²) in [6, 6.07) is 8.02. The Morgan fingerprint density at radius 2 is 1.16 bits per heavy atom. The molecule has 2 aromatic carbocycles. The monoisotopic (exact) mass is 432 g/mol. The zero-order valence-corrected chi connectivity index (χ0v) is 17.9. The first-order valence-corrected chi connectivity index (χ1v) is 9.32. The van der Waals surface area contributed by atoms with E-state index in [4.69, 9.17) is 31.9 Å². The molecule has 0 heterocycles. The molecular formula is C22H28N2O7. The minimum absolute atomic E-state index is 0.790. The maximum Gasteiger partial charge on any atom is 0.336 e. The van der Waals surface area contributed by atoms with Crippen LogP contribution in [0.5, 0.6) is 0 Å². The van der Waals surface area contributed by atoms with Gasteiger partial charge in [-0.15, -0.1) is 0 Å². The fourth-order valence-electron chi connectivity index (χ4n) is 3.14. The fraction of sp³-hybridized carbons (Fsp3) is 0.318. The van der Waals surface area contributed by atoms with Crippen molar-refractivity contribution in [3.8, 4) is 11.1 Å². The Morgan fingerprint density at radius 3 is 1.48 bits per heavy atom. The van der Waals surface area contributed by atoms with Gasteiger partial charge in [0.05, 0.1) is 12.8 Å². The molecule has 9 nitrogen and oxygen atoms in total. The Bertz CT molecular complexity index is 953. The van der Waals surface area contributed by atoms with Crippen molar-refractivity contribution in [1.82, 2.24) is 0 Å². The quantitative estimate of drug-likeness (QED) is 0.373. The number of aliphatic hydroxyl groups is 1. The van der Waals surface area contributed by atoms with Crippen molar-refractivity contribution in [2.75, 3.05) is 11.5 Å². The van der Waals surface area contributed by atoms with Crippen molar-refractivity contribution in [1.29, 1.82) is 0 Å². The number of aliphatic carboxylic acids is 3. The van der Waals surface area contributed by atoms with Gasteiger partial charge in [-0.05, 0) is 73.2 Å². The van der Waals surface area contributed by atoms with Crippen LogP contribution >= 0.6 is 0 Å². The molecule has 2 aromatic rings. The Hall–Kier alpha value is -3.59. The molecule has 0 saturated heterocycles. The lowest BCUT2D eigenvalue weighted by Gasteiger charge is -2.18. The van der Waals surface area contributed by atoms with Crippen LogP contribution in [0.25, 0.3) is 11.1 Å². The number of hydrogen-bond acceptors (Lipinski definition) is 6. The van der Waals surface area contributed by atoms with Crippen LogP contribution in [0.1, 0.15) is 35.1 Å². The highest BCUT2D eigenvalue weighted by Crippen LogP contribution is 2.35. The van der Waals surface area contributed by atoms with E-state index in [0.717, 1.165) is 11.4 Å². The van der Waals surface area contributed by atoms with Gasteiger partial charge in [0.25, 0.3) is 0 Å². The standard InChI is InChI=1S/C16H20N2.C6H8O7/c1-9-11(3)16(18)12(4)10(2)15(9)13-5-7-14(17)8-6-13;7-3(8)1-6(13,5(11)12)2-4(9)10/h5-8H,17-18H2,1-4H3;13H,1-2H2,(H,7,8)(H,9,10)(H,11,12). The summed E-state index contributed by atoms with van der Waals surface area (Å²) in [5.74, 6) is -5.02. The summed E-state index contributed by atoms with van der Waals surface area (Å²) in [4.78, 5) is 30.5. The van der Waals surface area contributed by atoms with Crippen molar-refractivity contribution in [3.63, 3.8) is 0 Å². The summed E-state index contributed by atoms with van der Waals surface area (Å²) in [6.07, 6.45) is -2.29. The van der Waals surface area contributed by atoms with Crippen LogP contribution in [0.2, 0.25) is 0 Å². The van der Waals surface area contributed by atoms with E-state index in [1.807, 2.05) is 12.1 Å². The molecule has 2 rings (SSSR count). The molecule has 168 valence electrons. The molecule has 0 fully saturated rings. The van der Waals surface area contributed by atoms with Crippen molar-refractivity contribution in [3.05, 3.63) is 46.5 Å². The molecule has 0 saturated carbocycles. The minimum atomic E-state index is -2.74. The van der Waals surface area contributed by atoms with Gasteiger partial charge in [0, 0.05) is 11.4 Å². The summed E-state index contributed by atoms with van der Waals surface area (Å²) in [5.41, 5.74) is 18.2. The molecule has 31 heavy (non-hydrogen) atoms. The van der Waals surface area contributed by atoms with Crippen LogP contribution in [0.4, 0.5) is 11.4 Å². The molecule has 8 N–H and O–H groups in total. The average molecular weight is 432 g/mol. The fourth-order valence-corrected chi connectivity index (χ4v) is 3.14. The van der Waals surface area contributed by atoms with Gasteiger partial charge >= 0.3 is 17.9 Å². The lowest BCUT2D eigenvalue weighted by atomic mass is 9.88. The third-order valence-electron chi connectivity index (χ3n) is 5.17. The largest absolute Gasteiger partial charge is 0.481 e. The van der Waals surface area contributed by atoms with Crippen LogP contribution in [-0.2, 0) is 14.4 Å². The maximum atomic E-state index is 10.3. The highest BCUT2D eigenvalue weighted by Gasteiger charge is 2.40. The molecule has 9 heteroatoms. The van der Waals surface area contributed by atoms with E-state index >= 15 is 0 Å². The summed E-state index contributed by atoms with van der Waals surface area (Å²) in [6.45, 7) is 8.42. The van der Waals surface area contributed by atoms with Gasteiger partial charge in [0.2, 0.25) is 0 Å². The highest BCUT2D eigenvalue weighted by atomic mass is 16.4. The van der Waals surface area contributed by atoms with Crippen molar-refractivity contribution >= 4 is 29.3 Å². The minimum Gasteiger partial charge on any atom is -0.481 e. The molecule has 0 spiro atoms. The Kier molecular flexibility index (Phi) is 8.16. The zero-order chi connectivity index (χ0) is 24.1. The molecule has 0 unspecified atom stereocenters. The van der Waals surface area contributed by atoms with Gasteiger partial charge in [-0.3, -0.25) is 9.59 Å². The SMILES string of the molecule is Cc1c(C)c(-c2ccc(N)cc2)c(C)c(C)c1N.O=C(O)CC(O)(CC(=O)O)C(=O)O. The first-order valence-electron chi connectivity index (χ1n) is 9.32. The predicted octanol–water partition coefficient (Wildman–Crippen LogP) is 2.50. The number of hydrogen-bond donors (Lipinski definition) is 6. The first-order chi connectivity index (χ1) is 14.2.